The number of carbonyl (C=O) groups is 2. The fraction of sp³-hybridized carbons (Fsp3) is 0.217. The Kier molecular flexibility index (Phi) is 7.45. The van der Waals surface area contributed by atoms with E-state index in [1.807, 2.05) is 0 Å². The summed E-state index contributed by atoms with van der Waals surface area (Å²) in [6, 6.07) is 16.4. The van der Waals surface area contributed by atoms with Crippen molar-refractivity contribution in [2.75, 3.05) is 13.7 Å². The molecule has 0 atom stereocenters. The van der Waals surface area contributed by atoms with Gasteiger partial charge in [0, 0.05) is 6.54 Å². The minimum atomic E-state index is -3.93. The van der Waals surface area contributed by atoms with E-state index < -0.39 is 21.9 Å². The van der Waals surface area contributed by atoms with Crippen LogP contribution in [0.1, 0.15) is 27.2 Å². The Morgan fingerprint density at radius 2 is 1.81 bits per heavy atom. The third-order valence-corrected chi connectivity index (χ3v) is 6.51. The first-order chi connectivity index (χ1) is 15.3. The Labute approximate surface area is 186 Å². The molecule has 9 heteroatoms. The monoisotopic (exact) mass is 456 g/mol. The smallest absolute Gasteiger partial charge is 0.337 e. The van der Waals surface area contributed by atoms with Gasteiger partial charge in [-0.2, -0.15) is 4.31 Å². The van der Waals surface area contributed by atoms with Crippen LogP contribution < -0.4 is 5.32 Å². The number of nitrogens with one attached hydrogen (secondary N) is 1. The third-order valence-electron chi connectivity index (χ3n) is 4.72. The summed E-state index contributed by atoms with van der Waals surface area (Å²) in [5.74, 6) is -0.493. The number of hydrogen-bond acceptors (Lipinski definition) is 6. The van der Waals surface area contributed by atoms with Crippen LogP contribution in [0.25, 0.3) is 0 Å². The van der Waals surface area contributed by atoms with E-state index in [9.17, 15) is 18.0 Å². The van der Waals surface area contributed by atoms with Gasteiger partial charge < -0.3 is 14.5 Å². The topological polar surface area (TPSA) is 106 Å². The minimum absolute atomic E-state index is 0.0788. The maximum absolute atomic E-state index is 13.2. The van der Waals surface area contributed by atoms with E-state index in [2.05, 4.69) is 10.1 Å². The predicted molar refractivity (Wildman–Crippen MR) is 117 cm³/mol. The van der Waals surface area contributed by atoms with E-state index >= 15 is 0 Å². The van der Waals surface area contributed by atoms with Gasteiger partial charge in [0.05, 0.1) is 36.9 Å². The lowest BCUT2D eigenvalue weighted by Gasteiger charge is -2.21. The van der Waals surface area contributed by atoms with Crippen molar-refractivity contribution in [1.82, 2.24) is 9.62 Å². The van der Waals surface area contributed by atoms with Crippen molar-refractivity contribution < 1.29 is 27.2 Å². The summed E-state index contributed by atoms with van der Waals surface area (Å²) in [5, 5.41) is 2.71. The molecule has 0 fully saturated rings. The lowest BCUT2D eigenvalue weighted by atomic mass is 10.1. The van der Waals surface area contributed by atoms with Gasteiger partial charge in [-0.15, -0.1) is 0 Å². The molecule has 168 valence electrons. The molecule has 0 aliphatic heterocycles. The molecule has 0 radical (unpaired) electrons. The SMILES string of the molecule is COC(=O)c1ccc(CNC(=O)CN(Cc2ccco2)S(=O)(=O)c2cccc(C)c2)cc1. The van der Waals surface area contributed by atoms with Crippen LogP contribution in [-0.2, 0) is 32.6 Å². The van der Waals surface area contributed by atoms with Crippen LogP contribution in [0.2, 0.25) is 0 Å². The number of ether oxygens (including phenoxy) is 1. The first kappa shape index (κ1) is 23.2. The number of sulfonamides is 1. The summed E-state index contributed by atoms with van der Waals surface area (Å²) in [4.78, 5) is 24.2. The van der Waals surface area contributed by atoms with Gasteiger partial charge in [-0.1, -0.05) is 24.3 Å². The molecule has 0 aliphatic rings. The maximum Gasteiger partial charge on any atom is 0.337 e. The normalized spacial score (nSPS) is 11.3. The molecule has 1 N–H and O–H groups in total. The van der Waals surface area contributed by atoms with E-state index in [4.69, 9.17) is 4.42 Å². The highest BCUT2D eigenvalue weighted by atomic mass is 32.2. The van der Waals surface area contributed by atoms with Crippen LogP contribution in [-0.4, -0.2) is 38.3 Å². The second kappa shape index (κ2) is 10.3. The van der Waals surface area contributed by atoms with Gasteiger partial charge in [-0.25, -0.2) is 13.2 Å². The second-order valence-electron chi connectivity index (χ2n) is 7.13. The molecular weight excluding hydrogens is 432 g/mol. The fourth-order valence-electron chi connectivity index (χ4n) is 3.02. The van der Waals surface area contributed by atoms with Crippen molar-refractivity contribution in [3.63, 3.8) is 0 Å². The Bertz CT molecular complexity index is 1170. The average Bonchev–Trinajstić information content (AvgIpc) is 3.30. The number of benzene rings is 2. The molecule has 1 heterocycles. The van der Waals surface area contributed by atoms with E-state index in [0.717, 1.165) is 15.4 Å². The van der Waals surface area contributed by atoms with Gasteiger partial charge in [-0.3, -0.25) is 4.79 Å². The van der Waals surface area contributed by atoms with Gasteiger partial charge in [0.25, 0.3) is 0 Å². The molecule has 0 unspecified atom stereocenters. The number of nitrogens with zero attached hydrogens (tertiary/aromatic N) is 1. The van der Waals surface area contributed by atoms with Crippen LogP contribution in [0.3, 0.4) is 0 Å². The Morgan fingerprint density at radius 3 is 2.44 bits per heavy atom. The number of rotatable bonds is 9. The van der Waals surface area contributed by atoms with Crippen LogP contribution in [0, 0.1) is 6.92 Å². The molecule has 1 amide bonds. The van der Waals surface area contributed by atoms with E-state index in [1.165, 1.54) is 19.4 Å². The first-order valence-electron chi connectivity index (χ1n) is 9.83. The van der Waals surface area contributed by atoms with Crippen molar-refractivity contribution in [2.24, 2.45) is 0 Å². The molecule has 0 spiro atoms. The predicted octanol–water partition coefficient (Wildman–Crippen LogP) is 2.88. The summed E-state index contributed by atoms with van der Waals surface area (Å²) >= 11 is 0. The van der Waals surface area contributed by atoms with Crippen molar-refractivity contribution in [2.45, 2.75) is 24.9 Å². The van der Waals surface area contributed by atoms with E-state index in [0.29, 0.717) is 11.3 Å². The fourth-order valence-corrected chi connectivity index (χ4v) is 4.49. The first-order valence-corrected chi connectivity index (χ1v) is 11.3. The number of amides is 1. The van der Waals surface area contributed by atoms with Crippen molar-refractivity contribution in [3.8, 4) is 0 Å². The Hall–Kier alpha value is -3.43. The number of methoxy groups -OCH3 is 1. The van der Waals surface area contributed by atoms with Gasteiger partial charge in [-0.05, 0) is 54.4 Å². The summed E-state index contributed by atoms with van der Waals surface area (Å²) in [7, 11) is -2.63. The highest BCUT2D eigenvalue weighted by molar-refractivity contribution is 7.89. The number of aryl methyl sites for hydroxylation is 1. The van der Waals surface area contributed by atoms with Crippen molar-refractivity contribution in [3.05, 3.63) is 89.4 Å². The zero-order valence-electron chi connectivity index (χ0n) is 17.8. The van der Waals surface area contributed by atoms with Crippen LogP contribution in [0.5, 0.6) is 0 Å². The molecule has 3 aromatic rings. The van der Waals surface area contributed by atoms with E-state index in [-0.39, 0.29) is 24.5 Å². The van der Waals surface area contributed by atoms with Gasteiger partial charge in [0.1, 0.15) is 5.76 Å². The van der Waals surface area contributed by atoms with Gasteiger partial charge >= 0.3 is 5.97 Å². The summed E-state index contributed by atoms with van der Waals surface area (Å²) in [6.07, 6.45) is 1.45. The number of hydrogen-bond donors (Lipinski definition) is 1. The standard InChI is InChI=1S/C23H24N2O6S/c1-17-5-3-7-21(13-17)32(28,29)25(15-20-6-4-12-31-20)16-22(26)24-14-18-8-10-19(11-9-18)23(27)30-2/h3-13H,14-16H2,1-2H3,(H,24,26). The van der Waals surface area contributed by atoms with Crippen molar-refractivity contribution in [1.29, 1.82) is 0 Å². The molecular formula is C23H24N2O6S. The highest BCUT2D eigenvalue weighted by Crippen LogP contribution is 2.19. The summed E-state index contributed by atoms with van der Waals surface area (Å²) < 4.78 is 37.5. The van der Waals surface area contributed by atoms with Gasteiger partial charge in [0.15, 0.2) is 0 Å². The molecule has 32 heavy (non-hydrogen) atoms. The number of carbonyl (C=O) groups excluding carboxylic acids is 2. The Morgan fingerprint density at radius 1 is 1.06 bits per heavy atom. The Balaban J connectivity index is 1.71. The third kappa shape index (κ3) is 5.83. The highest BCUT2D eigenvalue weighted by Gasteiger charge is 2.27. The molecule has 3 rings (SSSR count). The molecule has 8 nitrogen and oxygen atoms in total. The second-order valence-corrected chi connectivity index (χ2v) is 9.07. The summed E-state index contributed by atoms with van der Waals surface area (Å²) in [5.41, 5.74) is 1.95. The van der Waals surface area contributed by atoms with Crippen molar-refractivity contribution >= 4 is 21.9 Å². The van der Waals surface area contributed by atoms with E-state index in [1.54, 1.807) is 61.5 Å². The number of furan rings is 1. The largest absolute Gasteiger partial charge is 0.468 e. The number of esters is 1. The molecule has 2 aromatic carbocycles. The molecule has 0 saturated carbocycles. The lowest BCUT2D eigenvalue weighted by molar-refractivity contribution is -0.121. The van der Waals surface area contributed by atoms with Crippen LogP contribution in [0.15, 0.2) is 76.2 Å². The average molecular weight is 457 g/mol. The molecule has 0 aliphatic carbocycles. The minimum Gasteiger partial charge on any atom is -0.468 e. The van der Waals surface area contributed by atoms with Crippen LogP contribution in [0.4, 0.5) is 0 Å². The van der Waals surface area contributed by atoms with Crippen LogP contribution >= 0.6 is 0 Å². The quantitative estimate of drug-likeness (QED) is 0.497. The molecule has 0 saturated heterocycles. The molecule has 1 aromatic heterocycles. The molecule has 0 bridgehead atoms. The zero-order chi connectivity index (χ0) is 23.1. The zero-order valence-corrected chi connectivity index (χ0v) is 18.6. The van der Waals surface area contributed by atoms with Gasteiger partial charge in [0.2, 0.25) is 15.9 Å². The lowest BCUT2D eigenvalue weighted by Crippen LogP contribution is -2.40. The maximum atomic E-state index is 13.2. The summed E-state index contributed by atoms with van der Waals surface area (Å²) in [6.45, 7) is 1.52.